The van der Waals surface area contributed by atoms with E-state index in [1.165, 1.54) is 23.2 Å². The Labute approximate surface area is 118 Å². The van der Waals surface area contributed by atoms with Crippen molar-refractivity contribution in [2.24, 2.45) is 0 Å². The summed E-state index contributed by atoms with van der Waals surface area (Å²) in [5.74, 6) is 1.46. The van der Waals surface area contributed by atoms with Crippen LogP contribution in [-0.2, 0) is 12.8 Å². The third kappa shape index (κ3) is 2.56. The Bertz CT molecular complexity index is 557. The molecule has 4 heteroatoms. The fourth-order valence-electron chi connectivity index (χ4n) is 2.55. The van der Waals surface area contributed by atoms with Crippen molar-refractivity contribution in [3.63, 3.8) is 0 Å². The minimum Gasteiger partial charge on any atom is -0.362 e. The quantitative estimate of drug-likeness (QED) is 0.868. The Morgan fingerprint density at radius 2 is 2.00 bits per heavy atom. The van der Waals surface area contributed by atoms with E-state index in [-0.39, 0.29) is 6.04 Å². The summed E-state index contributed by atoms with van der Waals surface area (Å²) in [6.07, 6.45) is 4.92. The van der Waals surface area contributed by atoms with E-state index in [1.807, 2.05) is 18.2 Å². The molecule has 0 saturated carbocycles. The van der Waals surface area contributed by atoms with Gasteiger partial charge in [-0.1, -0.05) is 30.3 Å². The number of nitrogens with one attached hydrogen (secondary N) is 1. The van der Waals surface area contributed by atoms with Crippen LogP contribution in [0.4, 0.5) is 5.82 Å². The van der Waals surface area contributed by atoms with Crippen molar-refractivity contribution in [1.82, 2.24) is 9.97 Å². The first-order valence-corrected chi connectivity index (χ1v) is 7.12. The van der Waals surface area contributed by atoms with Crippen molar-refractivity contribution in [2.75, 3.05) is 11.2 Å². The van der Waals surface area contributed by atoms with Crippen molar-refractivity contribution in [3.8, 4) is 0 Å². The molecule has 0 amide bonds. The highest BCUT2D eigenvalue weighted by atomic mass is 35.5. The van der Waals surface area contributed by atoms with E-state index in [0.29, 0.717) is 5.88 Å². The van der Waals surface area contributed by atoms with E-state index in [2.05, 4.69) is 27.4 Å². The predicted octanol–water partition coefficient (Wildman–Crippen LogP) is 3.36. The molecule has 1 heterocycles. The van der Waals surface area contributed by atoms with Crippen LogP contribution >= 0.6 is 11.6 Å². The number of hydrogen-bond acceptors (Lipinski definition) is 3. The minimum atomic E-state index is 0.0856. The molecule has 0 aliphatic heterocycles. The second kappa shape index (κ2) is 5.57. The molecule has 3 rings (SSSR count). The molecule has 1 unspecified atom stereocenters. The van der Waals surface area contributed by atoms with Crippen molar-refractivity contribution in [2.45, 2.75) is 25.3 Å². The number of anilines is 1. The third-order valence-corrected chi connectivity index (χ3v) is 3.85. The Balaban J connectivity index is 1.86. The average Bonchev–Trinajstić information content (AvgIpc) is 2.95. The number of alkyl halides is 1. The molecular weight excluding hydrogens is 258 g/mol. The van der Waals surface area contributed by atoms with Gasteiger partial charge in [0.15, 0.2) is 0 Å². The largest absolute Gasteiger partial charge is 0.362 e. The molecule has 1 aromatic heterocycles. The zero-order valence-corrected chi connectivity index (χ0v) is 11.4. The topological polar surface area (TPSA) is 37.8 Å². The van der Waals surface area contributed by atoms with Gasteiger partial charge in [0, 0.05) is 17.1 Å². The molecule has 0 bridgehead atoms. The van der Waals surface area contributed by atoms with E-state index in [0.717, 1.165) is 18.7 Å². The van der Waals surface area contributed by atoms with E-state index < -0.39 is 0 Å². The van der Waals surface area contributed by atoms with Crippen LogP contribution in [0.1, 0.15) is 29.3 Å². The molecule has 0 fully saturated rings. The van der Waals surface area contributed by atoms with Gasteiger partial charge in [0.2, 0.25) is 0 Å². The molecule has 98 valence electrons. The standard InChI is InChI=1S/C15H16ClN3/c16-9-14(11-5-2-1-3-6-11)19-15-12-7-4-8-13(12)17-10-18-15/h1-3,5-6,10,14H,4,7-9H2,(H,17,18,19). The minimum absolute atomic E-state index is 0.0856. The number of aryl methyl sites for hydroxylation is 1. The van der Waals surface area contributed by atoms with Crippen LogP contribution in [0, 0.1) is 0 Å². The zero-order valence-electron chi connectivity index (χ0n) is 10.6. The summed E-state index contributed by atoms with van der Waals surface area (Å²) in [7, 11) is 0. The molecular formula is C15H16ClN3. The molecule has 1 aliphatic rings. The van der Waals surface area contributed by atoms with Crippen molar-refractivity contribution >= 4 is 17.4 Å². The van der Waals surface area contributed by atoms with Gasteiger partial charge in [-0.05, 0) is 24.8 Å². The van der Waals surface area contributed by atoms with E-state index >= 15 is 0 Å². The lowest BCUT2D eigenvalue weighted by atomic mass is 10.1. The van der Waals surface area contributed by atoms with Gasteiger partial charge in [-0.15, -0.1) is 11.6 Å². The van der Waals surface area contributed by atoms with Crippen molar-refractivity contribution in [3.05, 3.63) is 53.5 Å². The van der Waals surface area contributed by atoms with Crippen molar-refractivity contribution < 1.29 is 0 Å². The van der Waals surface area contributed by atoms with Crippen LogP contribution in [-0.4, -0.2) is 15.8 Å². The van der Waals surface area contributed by atoms with Crippen LogP contribution in [0.3, 0.4) is 0 Å². The first-order valence-electron chi connectivity index (χ1n) is 6.58. The molecule has 0 spiro atoms. The Hall–Kier alpha value is -1.61. The smallest absolute Gasteiger partial charge is 0.133 e. The lowest BCUT2D eigenvalue weighted by Gasteiger charge is -2.18. The normalized spacial score (nSPS) is 15.0. The van der Waals surface area contributed by atoms with Gasteiger partial charge in [-0.3, -0.25) is 0 Å². The molecule has 1 aromatic carbocycles. The highest BCUT2D eigenvalue weighted by molar-refractivity contribution is 6.18. The van der Waals surface area contributed by atoms with Crippen molar-refractivity contribution in [1.29, 1.82) is 0 Å². The molecule has 1 atom stereocenters. The van der Waals surface area contributed by atoms with Gasteiger partial charge in [0.1, 0.15) is 12.1 Å². The van der Waals surface area contributed by atoms with Crippen LogP contribution in [0.15, 0.2) is 36.7 Å². The number of benzene rings is 1. The number of rotatable bonds is 4. The summed E-state index contributed by atoms with van der Waals surface area (Å²) in [5.41, 5.74) is 3.62. The van der Waals surface area contributed by atoms with Gasteiger partial charge in [-0.2, -0.15) is 0 Å². The zero-order chi connectivity index (χ0) is 13.1. The predicted molar refractivity (Wildman–Crippen MR) is 77.6 cm³/mol. The van der Waals surface area contributed by atoms with Crippen LogP contribution in [0.25, 0.3) is 0 Å². The molecule has 0 saturated heterocycles. The van der Waals surface area contributed by atoms with Crippen LogP contribution in [0.2, 0.25) is 0 Å². The average molecular weight is 274 g/mol. The Kier molecular flexibility index (Phi) is 3.65. The van der Waals surface area contributed by atoms with Gasteiger partial charge < -0.3 is 5.32 Å². The highest BCUT2D eigenvalue weighted by Gasteiger charge is 2.19. The maximum Gasteiger partial charge on any atom is 0.133 e. The summed E-state index contributed by atoms with van der Waals surface area (Å²) in [6, 6.07) is 10.3. The fourth-order valence-corrected chi connectivity index (χ4v) is 2.80. The number of hydrogen-bond donors (Lipinski definition) is 1. The fraction of sp³-hybridized carbons (Fsp3) is 0.333. The third-order valence-electron chi connectivity index (χ3n) is 3.54. The molecule has 2 aromatic rings. The molecule has 1 aliphatic carbocycles. The summed E-state index contributed by atoms with van der Waals surface area (Å²) in [4.78, 5) is 8.72. The first-order chi connectivity index (χ1) is 9.38. The summed E-state index contributed by atoms with van der Waals surface area (Å²) in [5, 5.41) is 3.46. The number of aromatic nitrogens is 2. The van der Waals surface area contributed by atoms with E-state index in [1.54, 1.807) is 6.33 Å². The van der Waals surface area contributed by atoms with Gasteiger partial charge in [0.25, 0.3) is 0 Å². The SMILES string of the molecule is ClCC(Nc1ncnc2c1CCC2)c1ccccc1. The lowest BCUT2D eigenvalue weighted by Crippen LogP contribution is -2.15. The molecule has 19 heavy (non-hydrogen) atoms. The number of fused-ring (bicyclic) bond motifs is 1. The van der Waals surface area contributed by atoms with Crippen LogP contribution < -0.4 is 5.32 Å². The lowest BCUT2D eigenvalue weighted by molar-refractivity contribution is 0.870. The second-order valence-electron chi connectivity index (χ2n) is 4.76. The van der Waals surface area contributed by atoms with Crippen LogP contribution in [0.5, 0.6) is 0 Å². The highest BCUT2D eigenvalue weighted by Crippen LogP contribution is 2.28. The summed E-state index contributed by atoms with van der Waals surface area (Å²) >= 11 is 6.10. The van der Waals surface area contributed by atoms with E-state index in [9.17, 15) is 0 Å². The van der Waals surface area contributed by atoms with Gasteiger partial charge in [-0.25, -0.2) is 9.97 Å². The maximum atomic E-state index is 6.10. The monoisotopic (exact) mass is 273 g/mol. The van der Waals surface area contributed by atoms with E-state index in [4.69, 9.17) is 11.6 Å². The summed E-state index contributed by atoms with van der Waals surface area (Å²) < 4.78 is 0. The summed E-state index contributed by atoms with van der Waals surface area (Å²) in [6.45, 7) is 0. The van der Waals surface area contributed by atoms with Gasteiger partial charge >= 0.3 is 0 Å². The van der Waals surface area contributed by atoms with Gasteiger partial charge in [0.05, 0.1) is 6.04 Å². The Morgan fingerprint density at radius 1 is 1.16 bits per heavy atom. The molecule has 3 nitrogen and oxygen atoms in total. The maximum absolute atomic E-state index is 6.10. The number of halogens is 1. The Morgan fingerprint density at radius 3 is 2.79 bits per heavy atom. The first kappa shape index (κ1) is 12.4. The number of nitrogens with zero attached hydrogens (tertiary/aromatic N) is 2. The second-order valence-corrected chi connectivity index (χ2v) is 5.07. The molecule has 0 radical (unpaired) electrons. The molecule has 1 N–H and O–H groups in total.